The lowest BCUT2D eigenvalue weighted by molar-refractivity contribution is -0.143. The van der Waals surface area contributed by atoms with E-state index in [2.05, 4.69) is 18.0 Å². The van der Waals surface area contributed by atoms with Gasteiger partial charge in [-0.05, 0) is 42.8 Å². The molecule has 0 aliphatic carbocycles. The summed E-state index contributed by atoms with van der Waals surface area (Å²) in [4.78, 5) is 18.8. The third-order valence-corrected chi connectivity index (χ3v) is 5.92. The van der Waals surface area contributed by atoms with Crippen LogP contribution in [0.3, 0.4) is 0 Å². The fourth-order valence-corrected chi connectivity index (χ4v) is 4.60. The van der Waals surface area contributed by atoms with Gasteiger partial charge >= 0.3 is 0 Å². The molecule has 1 aliphatic heterocycles. The molecule has 4 rings (SSSR count). The number of fused-ring (bicyclic) bond motifs is 2. The molecule has 0 spiro atoms. The smallest absolute Gasteiger partial charge is 0.251 e. The van der Waals surface area contributed by atoms with Crippen molar-refractivity contribution in [2.24, 2.45) is 5.92 Å². The summed E-state index contributed by atoms with van der Waals surface area (Å²) in [5, 5.41) is 17.1. The molecular formula is C20H24N4O2S. The molecule has 1 N–H and O–H groups in total. The first kappa shape index (κ1) is 18.1. The summed E-state index contributed by atoms with van der Waals surface area (Å²) in [5.41, 5.74) is 3.95. The van der Waals surface area contributed by atoms with E-state index in [0.29, 0.717) is 19.5 Å². The Labute approximate surface area is 162 Å². The second-order valence-corrected chi connectivity index (χ2v) is 8.59. The molecular weight excluding hydrogens is 360 g/mol. The largest absolute Gasteiger partial charge is 0.383 e. The summed E-state index contributed by atoms with van der Waals surface area (Å²) in [6.45, 7) is 7.12. The second kappa shape index (κ2) is 7.05. The fourth-order valence-electron chi connectivity index (χ4n) is 3.72. The summed E-state index contributed by atoms with van der Waals surface area (Å²) in [6.07, 6.45) is 1.36. The van der Waals surface area contributed by atoms with E-state index in [1.54, 1.807) is 16.2 Å². The average molecular weight is 385 g/mol. The summed E-state index contributed by atoms with van der Waals surface area (Å²) in [5.74, 6) is 0.0947. The van der Waals surface area contributed by atoms with E-state index in [1.165, 1.54) is 0 Å². The van der Waals surface area contributed by atoms with Crippen LogP contribution in [0.5, 0.6) is 0 Å². The normalized spacial score (nSPS) is 18.1. The molecule has 6 nitrogen and oxygen atoms in total. The average Bonchev–Trinajstić information content (AvgIpc) is 3.26. The monoisotopic (exact) mass is 384 g/mol. The molecule has 0 aromatic carbocycles. The molecule has 0 saturated carbocycles. The van der Waals surface area contributed by atoms with Gasteiger partial charge in [0.1, 0.15) is 6.10 Å². The molecule has 1 amide bonds. The maximum Gasteiger partial charge on any atom is 0.251 e. The molecule has 27 heavy (non-hydrogen) atoms. The lowest BCUT2D eigenvalue weighted by atomic mass is 10.0. The number of aliphatic hydroxyl groups excluding tert-OH is 1. The number of amides is 1. The fraction of sp³-hybridized carbons (Fsp3) is 0.450. The van der Waals surface area contributed by atoms with Crippen molar-refractivity contribution in [2.75, 3.05) is 6.54 Å². The highest BCUT2D eigenvalue weighted by Crippen LogP contribution is 2.33. The van der Waals surface area contributed by atoms with Crippen LogP contribution in [-0.2, 0) is 11.3 Å². The van der Waals surface area contributed by atoms with E-state index in [1.807, 2.05) is 42.2 Å². The number of aromatic nitrogens is 3. The molecule has 3 aromatic rings. The van der Waals surface area contributed by atoms with Crippen LogP contribution in [0.2, 0.25) is 0 Å². The highest BCUT2D eigenvalue weighted by atomic mass is 32.1. The highest BCUT2D eigenvalue weighted by Gasteiger charge is 2.30. The molecule has 1 aliphatic rings. The lowest BCUT2D eigenvalue weighted by Crippen LogP contribution is -2.45. The van der Waals surface area contributed by atoms with Gasteiger partial charge in [0.15, 0.2) is 0 Å². The Balaban J connectivity index is 1.63. The zero-order chi connectivity index (χ0) is 19.1. The van der Waals surface area contributed by atoms with Gasteiger partial charge < -0.3 is 10.0 Å². The minimum atomic E-state index is -0.933. The van der Waals surface area contributed by atoms with E-state index in [4.69, 9.17) is 5.10 Å². The summed E-state index contributed by atoms with van der Waals surface area (Å²) >= 11 is 1.66. The zero-order valence-electron chi connectivity index (χ0n) is 15.8. The Kier molecular flexibility index (Phi) is 4.74. The molecule has 0 bridgehead atoms. The van der Waals surface area contributed by atoms with E-state index in [9.17, 15) is 9.90 Å². The summed E-state index contributed by atoms with van der Waals surface area (Å²) in [6, 6.07) is 6.13. The predicted octanol–water partition coefficient (Wildman–Crippen LogP) is 3.47. The molecule has 0 radical (unpaired) electrons. The summed E-state index contributed by atoms with van der Waals surface area (Å²) < 4.78 is 3.13. The molecule has 0 saturated heterocycles. The van der Waals surface area contributed by atoms with Gasteiger partial charge in [-0.25, -0.2) is 0 Å². The predicted molar refractivity (Wildman–Crippen MR) is 106 cm³/mol. The molecule has 0 unspecified atom stereocenters. The third-order valence-electron chi connectivity index (χ3n) is 4.98. The number of carbonyl (C=O) groups excluding carboxylic acids is 1. The van der Waals surface area contributed by atoms with Gasteiger partial charge in [0.25, 0.3) is 5.91 Å². The Hall–Kier alpha value is -2.25. The summed E-state index contributed by atoms with van der Waals surface area (Å²) in [7, 11) is 0. The maximum absolute atomic E-state index is 12.6. The van der Waals surface area contributed by atoms with Crippen molar-refractivity contribution < 1.29 is 9.90 Å². The van der Waals surface area contributed by atoms with Crippen molar-refractivity contribution in [1.82, 2.24) is 19.7 Å². The van der Waals surface area contributed by atoms with Crippen LogP contribution in [0.25, 0.3) is 21.5 Å². The molecule has 7 heteroatoms. The van der Waals surface area contributed by atoms with E-state index < -0.39 is 6.10 Å². The van der Waals surface area contributed by atoms with Crippen LogP contribution in [0, 0.1) is 5.92 Å². The van der Waals surface area contributed by atoms with Crippen LogP contribution in [0.4, 0.5) is 0 Å². The lowest BCUT2D eigenvalue weighted by Gasteiger charge is -2.33. The SMILES string of the molecule is CC(C)C[C@H](O)C(=O)N1Cc2cc(-c3ccnc4ccsc34)nn2[C@@H](C)C1. The molecule has 3 aromatic heterocycles. The Morgan fingerprint density at radius 1 is 1.41 bits per heavy atom. The van der Waals surface area contributed by atoms with E-state index >= 15 is 0 Å². The van der Waals surface area contributed by atoms with Crippen molar-refractivity contribution in [3.05, 3.63) is 35.5 Å². The van der Waals surface area contributed by atoms with Gasteiger partial charge in [0, 0.05) is 18.3 Å². The quantitative estimate of drug-likeness (QED) is 0.748. The van der Waals surface area contributed by atoms with Crippen molar-refractivity contribution in [3.8, 4) is 11.3 Å². The van der Waals surface area contributed by atoms with Gasteiger partial charge in [0.2, 0.25) is 0 Å². The second-order valence-electron chi connectivity index (χ2n) is 7.67. The number of rotatable bonds is 4. The zero-order valence-corrected chi connectivity index (χ0v) is 16.6. The first-order chi connectivity index (χ1) is 12.9. The standard InChI is InChI=1S/C20H24N4O2S/c1-12(2)8-18(25)20(26)23-10-13(3)24-14(11-23)9-17(22-24)15-4-6-21-16-5-7-27-19(15)16/h4-7,9,12-13,18,25H,8,10-11H2,1-3H3/t13-,18-/m0/s1. The molecule has 2 atom stereocenters. The van der Waals surface area contributed by atoms with Crippen molar-refractivity contribution in [1.29, 1.82) is 0 Å². The van der Waals surface area contributed by atoms with Crippen LogP contribution in [-0.4, -0.2) is 43.3 Å². The number of hydrogen-bond acceptors (Lipinski definition) is 5. The number of aliphatic hydroxyl groups is 1. The van der Waals surface area contributed by atoms with Crippen molar-refractivity contribution in [2.45, 2.75) is 45.9 Å². The molecule has 0 fully saturated rings. The number of thiophene rings is 1. The Bertz CT molecular complexity index is 977. The van der Waals surface area contributed by atoms with Gasteiger partial charge in [-0.2, -0.15) is 5.10 Å². The Morgan fingerprint density at radius 2 is 2.22 bits per heavy atom. The number of hydrogen-bond donors (Lipinski definition) is 1. The first-order valence-electron chi connectivity index (χ1n) is 9.32. The molecule has 142 valence electrons. The van der Waals surface area contributed by atoms with Crippen molar-refractivity contribution >= 4 is 27.5 Å². The number of nitrogens with zero attached hydrogens (tertiary/aromatic N) is 4. The minimum Gasteiger partial charge on any atom is -0.383 e. The topological polar surface area (TPSA) is 71.2 Å². The van der Waals surface area contributed by atoms with Crippen LogP contribution < -0.4 is 0 Å². The third kappa shape index (κ3) is 3.37. The van der Waals surface area contributed by atoms with Crippen LogP contribution >= 0.6 is 11.3 Å². The minimum absolute atomic E-state index is 0.0679. The van der Waals surface area contributed by atoms with Gasteiger partial charge in [-0.3, -0.25) is 14.5 Å². The van der Waals surface area contributed by atoms with Crippen molar-refractivity contribution in [3.63, 3.8) is 0 Å². The van der Waals surface area contributed by atoms with E-state index in [-0.39, 0.29) is 17.9 Å². The van der Waals surface area contributed by atoms with Gasteiger partial charge in [-0.15, -0.1) is 11.3 Å². The highest BCUT2D eigenvalue weighted by molar-refractivity contribution is 7.17. The number of pyridine rings is 1. The molecule has 4 heterocycles. The first-order valence-corrected chi connectivity index (χ1v) is 10.2. The van der Waals surface area contributed by atoms with Crippen LogP contribution in [0.1, 0.15) is 38.9 Å². The van der Waals surface area contributed by atoms with E-state index in [0.717, 1.165) is 27.2 Å². The Morgan fingerprint density at radius 3 is 3.00 bits per heavy atom. The van der Waals surface area contributed by atoms with Gasteiger partial charge in [-0.1, -0.05) is 13.8 Å². The maximum atomic E-state index is 12.6. The number of carbonyl (C=O) groups is 1. The van der Waals surface area contributed by atoms with Gasteiger partial charge in [0.05, 0.1) is 34.2 Å². The van der Waals surface area contributed by atoms with Crippen LogP contribution in [0.15, 0.2) is 29.8 Å².